The lowest BCUT2D eigenvalue weighted by Crippen LogP contribution is -3.00. The Hall–Kier alpha value is 0.750. The second kappa shape index (κ2) is 16.4. The van der Waals surface area contributed by atoms with Crippen molar-refractivity contribution >= 4 is 24.8 Å². The van der Waals surface area contributed by atoms with Gasteiger partial charge in [0.05, 0.1) is 0 Å². The summed E-state index contributed by atoms with van der Waals surface area (Å²) in [6.45, 7) is 4.56. The van der Waals surface area contributed by atoms with E-state index in [-0.39, 0.29) is 43.4 Å². The Kier molecular flexibility index (Phi) is 36.7. The van der Waals surface area contributed by atoms with Gasteiger partial charge in [0.25, 0.3) is 0 Å². The molecular weight excluding hydrogens is 196 g/mol. The summed E-state index contributed by atoms with van der Waals surface area (Å²) < 4.78 is 0. The summed E-state index contributed by atoms with van der Waals surface area (Å²) in [5, 5.41) is 6.44. The Bertz CT molecular complexity index is 31.2. The summed E-state index contributed by atoms with van der Waals surface area (Å²) in [5.74, 6) is 0. The molecule has 0 aromatic heterocycles. The maximum Gasteiger partial charge on any atom is 0.00772 e. The highest BCUT2D eigenvalue weighted by Crippen LogP contribution is 1.65. The molecular formula is C4H16Cl3N3. The number of quaternary nitrogens is 1. The zero-order valence-corrected chi connectivity index (χ0v) is 8.41. The fourth-order valence-corrected chi connectivity index (χ4v) is 0.604. The smallest absolute Gasteiger partial charge is 0.00772 e. The molecule has 1 aliphatic rings. The highest BCUT2D eigenvalue weighted by molar-refractivity contribution is 5.85. The van der Waals surface area contributed by atoms with Crippen molar-refractivity contribution in [3.8, 4) is 0 Å². The fourth-order valence-electron chi connectivity index (χ4n) is 0.604. The van der Waals surface area contributed by atoms with Gasteiger partial charge in [-0.25, -0.2) is 0 Å². The number of rotatable bonds is 0. The Balaban J connectivity index is -0.0000000450. The van der Waals surface area contributed by atoms with Crippen LogP contribution in [-0.2, 0) is 0 Å². The summed E-state index contributed by atoms with van der Waals surface area (Å²) in [5.41, 5.74) is 0. The zero-order valence-electron chi connectivity index (χ0n) is 6.02. The molecule has 1 heterocycles. The minimum atomic E-state index is 0. The van der Waals surface area contributed by atoms with Crippen LogP contribution < -0.4 is 29.2 Å². The van der Waals surface area contributed by atoms with Gasteiger partial charge in [0.15, 0.2) is 0 Å². The second-order valence-electron chi connectivity index (χ2n) is 1.50. The first-order chi connectivity index (χ1) is 3.00. The molecule has 0 saturated carbocycles. The van der Waals surface area contributed by atoms with E-state index < -0.39 is 0 Å². The molecule has 0 amide bonds. The molecule has 0 aliphatic carbocycles. The molecule has 0 aromatic carbocycles. The van der Waals surface area contributed by atoms with Gasteiger partial charge >= 0.3 is 0 Å². The molecule has 0 spiro atoms. The SMILES string of the molecule is C1CNCCN1.Cl.Cl.[Cl-].[NH4+]. The van der Waals surface area contributed by atoms with Crippen LogP contribution in [0.1, 0.15) is 0 Å². The van der Waals surface area contributed by atoms with E-state index in [1.807, 2.05) is 0 Å². The van der Waals surface area contributed by atoms with Crippen LogP contribution in [0, 0.1) is 0 Å². The third-order valence-electron chi connectivity index (χ3n) is 0.957. The molecule has 0 bridgehead atoms. The number of halogens is 3. The average molecular weight is 213 g/mol. The predicted molar refractivity (Wildman–Crippen MR) is 46.2 cm³/mol. The Morgan fingerprint density at radius 2 is 0.900 bits per heavy atom. The number of nitrogens with one attached hydrogen (secondary N) is 2. The lowest BCUT2D eigenvalue weighted by atomic mass is 10.4. The normalized spacial score (nSPS) is 14.4. The number of hydrogen-bond acceptors (Lipinski definition) is 2. The van der Waals surface area contributed by atoms with E-state index >= 15 is 0 Å². The van der Waals surface area contributed by atoms with Gasteiger partial charge in [0, 0.05) is 26.2 Å². The summed E-state index contributed by atoms with van der Waals surface area (Å²) in [6.07, 6.45) is 0. The molecule has 1 saturated heterocycles. The summed E-state index contributed by atoms with van der Waals surface area (Å²) in [7, 11) is 0. The van der Waals surface area contributed by atoms with Crippen LogP contribution in [0.15, 0.2) is 0 Å². The van der Waals surface area contributed by atoms with Gasteiger partial charge in [-0.05, 0) is 0 Å². The first-order valence-electron chi connectivity index (χ1n) is 2.41. The van der Waals surface area contributed by atoms with Gasteiger partial charge in [-0.2, -0.15) is 0 Å². The van der Waals surface area contributed by atoms with Gasteiger partial charge in [-0.1, -0.05) is 0 Å². The van der Waals surface area contributed by atoms with E-state index in [0.29, 0.717) is 0 Å². The van der Waals surface area contributed by atoms with Crippen LogP contribution in [0.2, 0.25) is 0 Å². The van der Waals surface area contributed by atoms with Crippen LogP contribution in [0.4, 0.5) is 0 Å². The van der Waals surface area contributed by atoms with Crippen molar-refractivity contribution in [2.45, 2.75) is 0 Å². The van der Waals surface area contributed by atoms with Crippen LogP contribution >= 0.6 is 24.8 Å². The standard InChI is InChI=1S/C4H10N2.3ClH.H3N/c1-2-6-4-3-5-1;;;;/h5-6H,1-4H2;3*1H;1H3. The van der Waals surface area contributed by atoms with E-state index in [1.165, 1.54) is 0 Å². The topological polar surface area (TPSA) is 60.6 Å². The molecule has 0 aromatic rings. The minimum Gasteiger partial charge on any atom is -1.00 e. The second-order valence-corrected chi connectivity index (χ2v) is 1.50. The molecule has 0 radical (unpaired) electrons. The van der Waals surface area contributed by atoms with Gasteiger partial charge in [0.2, 0.25) is 0 Å². The van der Waals surface area contributed by atoms with Crippen molar-refractivity contribution in [2.24, 2.45) is 0 Å². The van der Waals surface area contributed by atoms with Crippen LogP contribution in [0.3, 0.4) is 0 Å². The van der Waals surface area contributed by atoms with Gasteiger partial charge in [-0.15, -0.1) is 24.8 Å². The molecule has 0 unspecified atom stereocenters. The van der Waals surface area contributed by atoms with E-state index in [9.17, 15) is 0 Å². The highest BCUT2D eigenvalue weighted by Gasteiger charge is 1.91. The molecule has 10 heavy (non-hydrogen) atoms. The molecule has 1 aliphatic heterocycles. The quantitative estimate of drug-likeness (QED) is 0.413. The molecule has 6 heteroatoms. The van der Waals surface area contributed by atoms with Crippen LogP contribution in [0.5, 0.6) is 0 Å². The monoisotopic (exact) mass is 211 g/mol. The zero-order chi connectivity index (χ0) is 4.24. The van der Waals surface area contributed by atoms with E-state index in [1.54, 1.807) is 0 Å². The van der Waals surface area contributed by atoms with E-state index in [2.05, 4.69) is 10.6 Å². The Labute approximate surface area is 80.5 Å². The van der Waals surface area contributed by atoms with Crippen molar-refractivity contribution in [2.75, 3.05) is 26.2 Å². The van der Waals surface area contributed by atoms with Crippen LogP contribution in [0.25, 0.3) is 0 Å². The van der Waals surface area contributed by atoms with Gasteiger partial charge in [0.1, 0.15) is 0 Å². The van der Waals surface area contributed by atoms with Crippen molar-refractivity contribution in [1.29, 1.82) is 0 Å². The lowest BCUT2D eigenvalue weighted by molar-refractivity contribution is -0.00000214. The van der Waals surface area contributed by atoms with Crippen molar-refractivity contribution in [1.82, 2.24) is 16.8 Å². The molecule has 0 atom stereocenters. The maximum atomic E-state index is 3.22. The third-order valence-corrected chi connectivity index (χ3v) is 0.957. The van der Waals surface area contributed by atoms with Crippen molar-refractivity contribution in [3.05, 3.63) is 0 Å². The van der Waals surface area contributed by atoms with E-state index in [0.717, 1.165) is 26.2 Å². The third kappa shape index (κ3) is 11.5. The van der Waals surface area contributed by atoms with Crippen molar-refractivity contribution in [3.63, 3.8) is 0 Å². The Morgan fingerprint density at radius 1 is 0.700 bits per heavy atom. The fraction of sp³-hybridized carbons (Fsp3) is 1.00. The molecule has 1 fully saturated rings. The van der Waals surface area contributed by atoms with Gasteiger partial charge < -0.3 is 29.2 Å². The average Bonchev–Trinajstić information content (AvgIpc) is 1.72. The molecule has 6 N–H and O–H groups in total. The lowest BCUT2D eigenvalue weighted by Gasteiger charge is -2.11. The maximum absolute atomic E-state index is 3.22. The molecule has 1 rings (SSSR count). The first kappa shape index (κ1) is 22.4. The van der Waals surface area contributed by atoms with E-state index in [4.69, 9.17) is 0 Å². The largest absolute Gasteiger partial charge is 1.00 e. The number of piperazine rings is 1. The van der Waals surface area contributed by atoms with Crippen molar-refractivity contribution < 1.29 is 12.4 Å². The summed E-state index contributed by atoms with van der Waals surface area (Å²) in [6, 6.07) is 0. The minimum absolute atomic E-state index is 0. The van der Waals surface area contributed by atoms with Gasteiger partial charge in [-0.3, -0.25) is 0 Å². The predicted octanol–water partition coefficient (Wildman–Crippen LogP) is -2.60. The van der Waals surface area contributed by atoms with Crippen LogP contribution in [-0.4, -0.2) is 26.2 Å². The summed E-state index contributed by atoms with van der Waals surface area (Å²) >= 11 is 0. The number of hydrogen-bond donors (Lipinski definition) is 3. The highest BCUT2D eigenvalue weighted by atomic mass is 35.5. The molecule has 68 valence electrons. The molecule has 3 nitrogen and oxygen atoms in total. The summed E-state index contributed by atoms with van der Waals surface area (Å²) in [4.78, 5) is 0. The Morgan fingerprint density at radius 3 is 1.00 bits per heavy atom. The first-order valence-corrected chi connectivity index (χ1v) is 2.41.